The molecule has 0 spiro atoms. The van der Waals surface area contributed by atoms with E-state index in [1.807, 2.05) is 25.1 Å². The summed E-state index contributed by atoms with van der Waals surface area (Å²) >= 11 is 0. The second-order valence-corrected chi connectivity index (χ2v) is 6.69. The Morgan fingerprint density at radius 1 is 1.20 bits per heavy atom. The lowest BCUT2D eigenvalue weighted by atomic mass is 10.1. The van der Waals surface area contributed by atoms with Crippen LogP contribution >= 0.6 is 0 Å². The van der Waals surface area contributed by atoms with E-state index in [9.17, 15) is 4.21 Å². The van der Waals surface area contributed by atoms with Crippen molar-refractivity contribution in [3.8, 4) is 11.5 Å². The van der Waals surface area contributed by atoms with Crippen molar-refractivity contribution in [2.75, 3.05) is 27.0 Å². The van der Waals surface area contributed by atoms with Crippen molar-refractivity contribution in [3.05, 3.63) is 23.8 Å². The van der Waals surface area contributed by atoms with Gasteiger partial charge < -0.3 is 14.8 Å². The first-order valence-corrected chi connectivity index (χ1v) is 8.39. The first-order chi connectivity index (χ1) is 9.49. The molecule has 1 N–H and O–H groups in total. The first-order valence-electron chi connectivity index (χ1n) is 6.77. The summed E-state index contributed by atoms with van der Waals surface area (Å²) in [4.78, 5) is 0. The molecular weight excluding hydrogens is 274 g/mol. The maximum Gasteiger partial charge on any atom is 0.161 e. The van der Waals surface area contributed by atoms with Crippen molar-refractivity contribution in [1.29, 1.82) is 0 Å². The summed E-state index contributed by atoms with van der Waals surface area (Å²) in [5, 5.41) is 3.66. The minimum Gasteiger partial charge on any atom is -0.493 e. The summed E-state index contributed by atoms with van der Waals surface area (Å²) in [7, 11) is 2.51. The SMILES string of the molecule is COc1ccc(C(C)NCCC(C)S(C)=O)cc1OC. The topological polar surface area (TPSA) is 47.6 Å². The molecule has 0 fully saturated rings. The highest BCUT2D eigenvalue weighted by molar-refractivity contribution is 7.84. The van der Waals surface area contributed by atoms with Gasteiger partial charge in [0.1, 0.15) is 0 Å². The van der Waals surface area contributed by atoms with E-state index in [-0.39, 0.29) is 11.3 Å². The normalized spacial score (nSPS) is 15.4. The predicted molar refractivity (Wildman–Crippen MR) is 84.1 cm³/mol. The zero-order valence-electron chi connectivity index (χ0n) is 12.9. The van der Waals surface area contributed by atoms with Crippen LogP contribution in [0, 0.1) is 0 Å². The molecule has 0 saturated carbocycles. The fourth-order valence-electron chi connectivity index (χ4n) is 1.91. The van der Waals surface area contributed by atoms with Gasteiger partial charge in [-0.1, -0.05) is 13.0 Å². The van der Waals surface area contributed by atoms with Gasteiger partial charge >= 0.3 is 0 Å². The Morgan fingerprint density at radius 2 is 1.85 bits per heavy atom. The Bertz CT molecular complexity index is 451. The third-order valence-electron chi connectivity index (χ3n) is 3.48. The summed E-state index contributed by atoms with van der Waals surface area (Å²) in [6, 6.07) is 6.14. The molecule has 4 nitrogen and oxygen atoms in total. The van der Waals surface area contributed by atoms with E-state index in [0.717, 1.165) is 30.0 Å². The number of hydrogen-bond donors (Lipinski definition) is 1. The average molecular weight is 299 g/mol. The molecule has 0 bridgehead atoms. The van der Waals surface area contributed by atoms with E-state index in [2.05, 4.69) is 12.2 Å². The number of nitrogens with one attached hydrogen (secondary N) is 1. The molecule has 0 radical (unpaired) electrons. The van der Waals surface area contributed by atoms with Crippen LogP contribution in [-0.4, -0.2) is 36.5 Å². The number of benzene rings is 1. The molecule has 3 atom stereocenters. The zero-order valence-corrected chi connectivity index (χ0v) is 13.8. The standard InChI is InChI=1S/C15H25NO3S/c1-11(20(5)17)8-9-16-12(2)13-6-7-14(18-3)15(10-13)19-4/h6-7,10-12,16H,8-9H2,1-5H3. The number of hydrogen-bond acceptors (Lipinski definition) is 4. The van der Waals surface area contributed by atoms with Gasteiger partial charge in [-0.25, -0.2) is 0 Å². The van der Waals surface area contributed by atoms with Gasteiger partial charge in [0.15, 0.2) is 11.5 Å². The molecule has 20 heavy (non-hydrogen) atoms. The van der Waals surface area contributed by atoms with Crippen LogP contribution in [-0.2, 0) is 10.8 Å². The summed E-state index contributed by atoms with van der Waals surface area (Å²) < 4.78 is 21.8. The van der Waals surface area contributed by atoms with E-state index in [4.69, 9.17) is 9.47 Å². The lowest BCUT2D eigenvalue weighted by molar-refractivity contribution is 0.354. The molecule has 0 aliphatic heterocycles. The fourth-order valence-corrected chi connectivity index (χ4v) is 2.36. The van der Waals surface area contributed by atoms with Gasteiger partial charge in [-0.05, 0) is 37.6 Å². The first kappa shape index (κ1) is 17.0. The molecule has 3 unspecified atom stereocenters. The van der Waals surface area contributed by atoms with E-state index in [0.29, 0.717) is 0 Å². The van der Waals surface area contributed by atoms with Crippen LogP contribution in [0.3, 0.4) is 0 Å². The monoisotopic (exact) mass is 299 g/mol. The quantitative estimate of drug-likeness (QED) is 0.801. The largest absolute Gasteiger partial charge is 0.493 e. The Labute approximate surface area is 124 Å². The van der Waals surface area contributed by atoms with Gasteiger partial charge in [-0.3, -0.25) is 4.21 Å². The summed E-state index contributed by atoms with van der Waals surface area (Å²) in [5.41, 5.74) is 1.15. The van der Waals surface area contributed by atoms with Crippen LogP contribution in [0.5, 0.6) is 11.5 Å². The third kappa shape index (κ3) is 4.80. The highest BCUT2D eigenvalue weighted by Crippen LogP contribution is 2.29. The number of methoxy groups -OCH3 is 2. The van der Waals surface area contributed by atoms with Crippen molar-refractivity contribution in [2.45, 2.75) is 31.6 Å². The summed E-state index contributed by atoms with van der Waals surface area (Å²) in [5.74, 6) is 1.47. The van der Waals surface area contributed by atoms with Crippen LogP contribution in [0.15, 0.2) is 18.2 Å². The molecular formula is C15H25NO3S. The Kier molecular flexibility index (Phi) is 7.02. The van der Waals surface area contributed by atoms with Crippen molar-refractivity contribution >= 4 is 10.8 Å². The fraction of sp³-hybridized carbons (Fsp3) is 0.600. The smallest absolute Gasteiger partial charge is 0.161 e. The van der Waals surface area contributed by atoms with E-state index in [1.165, 1.54) is 0 Å². The molecule has 0 aliphatic carbocycles. The van der Waals surface area contributed by atoms with Gasteiger partial charge in [0.05, 0.1) is 14.2 Å². The molecule has 0 heterocycles. The van der Waals surface area contributed by atoms with Crippen LogP contribution in [0.2, 0.25) is 0 Å². The minimum absolute atomic E-state index is 0.215. The summed E-state index contributed by atoms with van der Waals surface area (Å²) in [6.45, 7) is 4.96. The van der Waals surface area contributed by atoms with E-state index < -0.39 is 10.8 Å². The number of rotatable bonds is 8. The Balaban J connectivity index is 2.59. The van der Waals surface area contributed by atoms with E-state index >= 15 is 0 Å². The molecule has 1 aromatic rings. The lowest BCUT2D eigenvalue weighted by Gasteiger charge is -2.17. The maximum absolute atomic E-state index is 11.3. The van der Waals surface area contributed by atoms with Gasteiger partial charge in [0.2, 0.25) is 0 Å². The molecule has 0 aromatic heterocycles. The number of ether oxygens (including phenoxy) is 2. The molecule has 1 aromatic carbocycles. The van der Waals surface area contributed by atoms with Crippen LogP contribution in [0.4, 0.5) is 0 Å². The van der Waals surface area contributed by atoms with Crippen LogP contribution < -0.4 is 14.8 Å². The maximum atomic E-state index is 11.3. The van der Waals surface area contributed by atoms with Crippen LogP contribution in [0.1, 0.15) is 31.9 Å². The van der Waals surface area contributed by atoms with Crippen LogP contribution in [0.25, 0.3) is 0 Å². The molecule has 0 aliphatic rings. The van der Waals surface area contributed by atoms with Gasteiger partial charge in [0.25, 0.3) is 0 Å². The highest BCUT2D eigenvalue weighted by atomic mass is 32.2. The van der Waals surface area contributed by atoms with Gasteiger partial charge in [0, 0.05) is 28.3 Å². The lowest BCUT2D eigenvalue weighted by Crippen LogP contribution is -2.24. The average Bonchev–Trinajstić information content (AvgIpc) is 2.45. The van der Waals surface area contributed by atoms with Gasteiger partial charge in [-0.15, -0.1) is 0 Å². The molecule has 0 saturated heterocycles. The zero-order chi connectivity index (χ0) is 15.1. The second-order valence-electron chi connectivity index (χ2n) is 4.89. The predicted octanol–water partition coefficient (Wildman–Crippen LogP) is 2.51. The van der Waals surface area contributed by atoms with Crippen molar-refractivity contribution < 1.29 is 13.7 Å². The third-order valence-corrected chi connectivity index (χ3v) is 4.84. The van der Waals surface area contributed by atoms with Gasteiger partial charge in [-0.2, -0.15) is 0 Å². The van der Waals surface area contributed by atoms with Crippen molar-refractivity contribution in [3.63, 3.8) is 0 Å². The molecule has 114 valence electrons. The highest BCUT2D eigenvalue weighted by Gasteiger charge is 2.11. The van der Waals surface area contributed by atoms with E-state index in [1.54, 1.807) is 20.5 Å². The Morgan fingerprint density at radius 3 is 2.40 bits per heavy atom. The summed E-state index contributed by atoms with van der Waals surface area (Å²) in [6.07, 6.45) is 2.66. The second kappa shape index (κ2) is 8.27. The molecule has 0 amide bonds. The van der Waals surface area contributed by atoms with Crippen molar-refractivity contribution in [1.82, 2.24) is 5.32 Å². The molecule has 5 heteroatoms. The van der Waals surface area contributed by atoms with Crippen molar-refractivity contribution in [2.24, 2.45) is 0 Å². The minimum atomic E-state index is -0.756. The molecule has 1 rings (SSSR count). The Hall–Kier alpha value is -1.07.